The van der Waals surface area contributed by atoms with Gasteiger partial charge in [0.05, 0.1) is 0 Å². The standard InChI is InChI=1S/C19H16ClN5O2/c1-12-15(6-3-7-16(12)21)18-22-19(27-24-18)17-8-9-25(23-17)11-26-14-5-2-4-13(20)10-14/h2-10H,11,21H2,1H3. The summed E-state index contributed by atoms with van der Waals surface area (Å²) in [5.74, 6) is 1.46. The van der Waals surface area contributed by atoms with Crippen molar-refractivity contribution in [3.63, 3.8) is 0 Å². The van der Waals surface area contributed by atoms with Crippen LogP contribution in [-0.2, 0) is 6.73 Å². The molecule has 136 valence electrons. The van der Waals surface area contributed by atoms with Crippen molar-refractivity contribution in [2.75, 3.05) is 5.73 Å². The van der Waals surface area contributed by atoms with Gasteiger partial charge in [0.2, 0.25) is 5.82 Å². The molecule has 0 bridgehead atoms. The second-order valence-electron chi connectivity index (χ2n) is 5.91. The van der Waals surface area contributed by atoms with Crippen molar-refractivity contribution in [3.8, 4) is 28.7 Å². The zero-order chi connectivity index (χ0) is 18.8. The molecule has 2 aromatic heterocycles. The van der Waals surface area contributed by atoms with Gasteiger partial charge >= 0.3 is 0 Å². The predicted molar refractivity (Wildman–Crippen MR) is 102 cm³/mol. The zero-order valence-corrected chi connectivity index (χ0v) is 15.2. The van der Waals surface area contributed by atoms with Crippen molar-refractivity contribution in [3.05, 3.63) is 65.3 Å². The highest BCUT2D eigenvalue weighted by atomic mass is 35.5. The van der Waals surface area contributed by atoms with Crippen LogP contribution in [0, 0.1) is 6.92 Å². The molecule has 0 saturated carbocycles. The summed E-state index contributed by atoms with van der Waals surface area (Å²) in [6.45, 7) is 2.15. The van der Waals surface area contributed by atoms with E-state index in [1.807, 2.05) is 37.3 Å². The van der Waals surface area contributed by atoms with Crippen molar-refractivity contribution in [2.24, 2.45) is 0 Å². The molecule has 0 unspecified atom stereocenters. The Kier molecular flexibility index (Phi) is 4.52. The summed E-state index contributed by atoms with van der Waals surface area (Å²) in [5, 5.41) is 9.06. The van der Waals surface area contributed by atoms with Gasteiger partial charge in [-0.05, 0) is 42.8 Å². The zero-order valence-electron chi connectivity index (χ0n) is 14.5. The number of hydrogen-bond acceptors (Lipinski definition) is 6. The maximum Gasteiger partial charge on any atom is 0.278 e. The number of rotatable bonds is 5. The van der Waals surface area contributed by atoms with Gasteiger partial charge in [-0.15, -0.1) is 0 Å². The lowest BCUT2D eigenvalue weighted by Crippen LogP contribution is -2.05. The van der Waals surface area contributed by atoms with Crippen LogP contribution in [0.5, 0.6) is 5.75 Å². The lowest BCUT2D eigenvalue weighted by molar-refractivity contribution is 0.221. The van der Waals surface area contributed by atoms with E-state index < -0.39 is 0 Å². The largest absolute Gasteiger partial charge is 0.471 e. The highest BCUT2D eigenvalue weighted by molar-refractivity contribution is 6.30. The second-order valence-corrected chi connectivity index (χ2v) is 6.35. The SMILES string of the molecule is Cc1c(N)cccc1-c1noc(-c2ccn(COc3cccc(Cl)c3)n2)n1. The number of ether oxygens (including phenoxy) is 1. The van der Waals surface area contributed by atoms with Crippen LogP contribution in [-0.4, -0.2) is 19.9 Å². The third-order valence-electron chi connectivity index (χ3n) is 4.06. The van der Waals surface area contributed by atoms with E-state index in [2.05, 4.69) is 15.2 Å². The molecule has 0 radical (unpaired) electrons. The number of halogens is 1. The average molecular weight is 382 g/mol. The smallest absolute Gasteiger partial charge is 0.278 e. The van der Waals surface area contributed by atoms with Crippen LogP contribution in [0.1, 0.15) is 5.56 Å². The van der Waals surface area contributed by atoms with Gasteiger partial charge in [0.25, 0.3) is 5.89 Å². The van der Waals surface area contributed by atoms with Gasteiger partial charge in [0.15, 0.2) is 12.4 Å². The summed E-state index contributed by atoms with van der Waals surface area (Å²) in [6, 6.07) is 14.6. The summed E-state index contributed by atoms with van der Waals surface area (Å²) in [7, 11) is 0. The third-order valence-corrected chi connectivity index (χ3v) is 4.30. The minimum atomic E-state index is 0.232. The quantitative estimate of drug-likeness (QED) is 0.521. The Morgan fingerprint density at radius 2 is 2.04 bits per heavy atom. The minimum Gasteiger partial charge on any atom is -0.471 e. The van der Waals surface area contributed by atoms with Crippen LogP contribution < -0.4 is 10.5 Å². The van der Waals surface area contributed by atoms with Gasteiger partial charge in [-0.2, -0.15) is 10.1 Å². The van der Waals surface area contributed by atoms with Gasteiger partial charge in [-0.3, -0.25) is 0 Å². The van der Waals surface area contributed by atoms with E-state index in [1.54, 1.807) is 29.1 Å². The van der Waals surface area contributed by atoms with E-state index in [-0.39, 0.29) is 6.73 Å². The van der Waals surface area contributed by atoms with Gasteiger partial charge in [0.1, 0.15) is 5.75 Å². The molecule has 2 N–H and O–H groups in total. The Morgan fingerprint density at radius 1 is 1.19 bits per heavy atom. The fourth-order valence-corrected chi connectivity index (χ4v) is 2.76. The van der Waals surface area contributed by atoms with Crippen LogP contribution in [0.3, 0.4) is 0 Å². The third kappa shape index (κ3) is 3.63. The number of nitrogens with zero attached hydrogens (tertiary/aromatic N) is 4. The van der Waals surface area contributed by atoms with E-state index in [9.17, 15) is 0 Å². The fourth-order valence-electron chi connectivity index (χ4n) is 2.58. The molecule has 27 heavy (non-hydrogen) atoms. The molecule has 0 amide bonds. The molecule has 7 nitrogen and oxygen atoms in total. The Hall–Kier alpha value is -3.32. The monoisotopic (exact) mass is 381 g/mol. The number of nitrogens with two attached hydrogens (primary N) is 1. The Bertz CT molecular complexity index is 1090. The first kappa shape index (κ1) is 17.1. The number of benzene rings is 2. The Balaban J connectivity index is 1.50. The fraction of sp³-hybridized carbons (Fsp3) is 0.105. The topological polar surface area (TPSA) is 92.0 Å². The first-order valence-electron chi connectivity index (χ1n) is 8.21. The van der Waals surface area contributed by atoms with Crippen LogP contribution in [0.25, 0.3) is 23.0 Å². The molecule has 4 aromatic rings. The van der Waals surface area contributed by atoms with Crippen LogP contribution in [0.4, 0.5) is 5.69 Å². The molecule has 0 spiro atoms. The van der Waals surface area contributed by atoms with E-state index >= 15 is 0 Å². The molecular formula is C19H16ClN5O2. The lowest BCUT2D eigenvalue weighted by atomic mass is 10.1. The molecule has 0 aliphatic rings. The van der Waals surface area contributed by atoms with Gasteiger partial charge < -0.3 is 15.0 Å². The number of hydrogen-bond donors (Lipinski definition) is 1. The summed E-state index contributed by atoms with van der Waals surface area (Å²) in [4.78, 5) is 4.43. The molecule has 4 rings (SSSR count). The van der Waals surface area contributed by atoms with E-state index in [4.69, 9.17) is 26.6 Å². The molecule has 2 heterocycles. The summed E-state index contributed by atoms with van der Waals surface area (Å²) >= 11 is 5.95. The summed E-state index contributed by atoms with van der Waals surface area (Å²) in [6.07, 6.45) is 1.77. The first-order chi connectivity index (χ1) is 13.1. The average Bonchev–Trinajstić information content (AvgIpc) is 3.31. The van der Waals surface area contributed by atoms with E-state index in [1.165, 1.54) is 0 Å². The summed E-state index contributed by atoms with van der Waals surface area (Å²) < 4.78 is 12.6. The van der Waals surface area contributed by atoms with Crippen LogP contribution in [0.15, 0.2) is 59.3 Å². The Labute approximate surface area is 160 Å². The molecule has 0 saturated heterocycles. The second kappa shape index (κ2) is 7.13. The van der Waals surface area contributed by atoms with Gasteiger partial charge in [-0.25, -0.2) is 4.68 Å². The molecule has 8 heteroatoms. The van der Waals surface area contributed by atoms with Crippen molar-refractivity contribution in [1.82, 2.24) is 19.9 Å². The van der Waals surface area contributed by atoms with Crippen molar-refractivity contribution in [2.45, 2.75) is 13.7 Å². The molecule has 0 aliphatic carbocycles. The molecule has 2 aromatic carbocycles. The molecule has 0 aliphatic heterocycles. The Morgan fingerprint density at radius 3 is 2.89 bits per heavy atom. The lowest BCUT2D eigenvalue weighted by Gasteiger charge is -2.05. The first-order valence-corrected chi connectivity index (χ1v) is 8.59. The van der Waals surface area contributed by atoms with Gasteiger partial charge in [0, 0.05) is 22.5 Å². The highest BCUT2D eigenvalue weighted by Crippen LogP contribution is 2.26. The number of nitrogen functional groups attached to an aromatic ring is 1. The highest BCUT2D eigenvalue weighted by Gasteiger charge is 2.15. The maximum absolute atomic E-state index is 5.95. The van der Waals surface area contributed by atoms with E-state index in [0.29, 0.717) is 33.9 Å². The maximum atomic E-state index is 5.95. The van der Waals surface area contributed by atoms with Crippen molar-refractivity contribution < 1.29 is 9.26 Å². The predicted octanol–water partition coefficient (Wildman–Crippen LogP) is 4.18. The van der Waals surface area contributed by atoms with Crippen LogP contribution >= 0.6 is 11.6 Å². The van der Waals surface area contributed by atoms with E-state index in [0.717, 1.165) is 11.1 Å². The van der Waals surface area contributed by atoms with Crippen LogP contribution in [0.2, 0.25) is 5.02 Å². The summed E-state index contributed by atoms with van der Waals surface area (Å²) in [5.41, 5.74) is 8.92. The van der Waals surface area contributed by atoms with Crippen molar-refractivity contribution in [1.29, 1.82) is 0 Å². The van der Waals surface area contributed by atoms with Crippen molar-refractivity contribution >= 4 is 17.3 Å². The molecular weight excluding hydrogens is 366 g/mol. The van der Waals surface area contributed by atoms with Gasteiger partial charge in [-0.1, -0.05) is 35.0 Å². The number of aromatic nitrogens is 4. The molecule has 0 atom stereocenters. The molecule has 0 fully saturated rings. The minimum absolute atomic E-state index is 0.232. The normalized spacial score (nSPS) is 10.9. The number of anilines is 1.